The second-order valence-corrected chi connectivity index (χ2v) is 4.01. The molecule has 0 bridgehead atoms. The van der Waals surface area contributed by atoms with Crippen LogP contribution >= 0.6 is 0 Å². The zero-order valence-electron chi connectivity index (χ0n) is 10.4. The van der Waals surface area contributed by atoms with Gasteiger partial charge < -0.3 is 10.7 Å². The van der Waals surface area contributed by atoms with Crippen LogP contribution in [0.2, 0.25) is 0 Å². The molecule has 0 atom stereocenters. The van der Waals surface area contributed by atoms with Crippen molar-refractivity contribution in [2.24, 2.45) is 12.9 Å². The van der Waals surface area contributed by atoms with Crippen molar-refractivity contribution in [3.8, 4) is 0 Å². The Balaban J connectivity index is 2.10. The lowest BCUT2D eigenvalue weighted by Crippen LogP contribution is -2.25. The summed E-state index contributed by atoms with van der Waals surface area (Å²) in [5, 5.41) is 6.66. The van der Waals surface area contributed by atoms with Crippen LogP contribution < -0.4 is 16.6 Å². The number of halogens is 1. The summed E-state index contributed by atoms with van der Waals surface area (Å²) in [6, 6.07) is 4.18. The number of hydrogen-bond acceptors (Lipinski definition) is 4. The fourth-order valence-corrected chi connectivity index (χ4v) is 1.70. The van der Waals surface area contributed by atoms with Crippen LogP contribution in [0.25, 0.3) is 0 Å². The fraction of sp³-hybridized carbons (Fsp3) is 0.167. The van der Waals surface area contributed by atoms with E-state index in [1.807, 2.05) is 0 Å². The number of nitrogens with zero attached hydrogens (tertiary/aromatic N) is 2. The molecule has 0 aliphatic carbocycles. The lowest BCUT2D eigenvalue weighted by Gasteiger charge is -2.09. The average molecular weight is 263 g/mol. The van der Waals surface area contributed by atoms with E-state index in [0.29, 0.717) is 6.54 Å². The maximum Gasteiger partial charge on any atom is 0.253 e. The van der Waals surface area contributed by atoms with Crippen LogP contribution in [0.4, 0.5) is 10.1 Å². The van der Waals surface area contributed by atoms with E-state index in [0.717, 1.165) is 5.56 Å². The minimum Gasteiger partial charge on any atom is -0.348 e. The number of nitrogens with one attached hydrogen (secondary N) is 2. The van der Waals surface area contributed by atoms with Crippen molar-refractivity contribution in [2.75, 3.05) is 5.43 Å². The van der Waals surface area contributed by atoms with Crippen LogP contribution in [-0.4, -0.2) is 15.7 Å². The molecule has 0 aliphatic rings. The molecule has 0 saturated heterocycles. The SMILES string of the molecule is Cn1cc(CNC(=O)c2cccc(F)c2NN)cn1. The minimum atomic E-state index is -0.573. The van der Waals surface area contributed by atoms with Crippen molar-refractivity contribution in [2.45, 2.75) is 6.54 Å². The molecule has 6 nitrogen and oxygen atoms in total. The van der Waals surface area contributed by atoms with Crippen molar-refractivity contribution in [3.05, 3.63) is 47.5 Å². The molecule has 1 aromatic carbocycles. The number of aromatic nitrogens is 2. The highest BCUT2D eigenvalue weighted by Gasteiger charge is 2.14. The fourth-order valence-electron chi connectivity index (χ4n) is 1.70. The molecule has 1 heterocycles. The molecular weight excluding hydrogens is 249 g/mol. The van der Waals surface area contributed by atoms with Crippen LogP contribution in [0.3, 0.4) is 0 Å². The summed E-state index contributed by atoms with van der Waals surface area (Å²) < 4.78 is 15.1. The summed E-state index contributed by atoms with van der Waals surface area (Å²) >= 11 is 0. The Morgan fingerprint density at radius 1 is 1.53 bits per heavy atom. The predicted molar refractivity (Wildman–Crippen MR) is 68.6 cm³/mol. The normalized spacial score (nSPS) is 10.3. The highest BCUT2D eigenvalue weighted by Crippen LogP contribution is 2.18. The van der Waals surface area contributed by atoms with Gasteiger partial charge in [-0.15, -0.1) is 0 Å². The van der Waals surface area contributed by atoms with Gasteiger partial charge in [0, 0.05) is 25.4 Å². The molecule has 0 saturated carbocycles. The molecule has 1 aromatic heterocycles. The van der Waals surface area contributed by atoms with Crippen molar-refractivity contribution >= 4 is 11.6 Å². The Morgan fingerprint density at radius 3 is 2.95 bits per heavy atom. The molecule has 19 heavy (non-hydrogen) atoms. The van der Waals surface area contributed by atoms with E-state index in [2.05, 4.69) is 15.8 Å². The Morgan fingerprint density at radius 2 is 2.32 bits per heavy atom. The van der Waals surface area contributed by atoms with Gasteiger partial charge in [0.1, 0.15) is 5.82 Å². The number of para-hydroxylation sites is 1. The number of nitrogen functional groups attached to an aromatic ring is 1. The second kappa shape index (κ2) is 5.49. The third-order valence-electron chi connectivity index (χ3n) is 2.61. The summed E-state index contributed by atoms with van der Waals surface area (Å²) in [5.74, 6) is 4.24. The van der Waals surface area contributed by atoms with Crippen molar-refractivity contribution in [1.29, 1.82) is 0 Å². The molecular formula is C12H14FN5O. The topological polar surface area (TPSA) is 85.0 Å². The minimum absolute atomic E-state index is 0.0220. The van der Waals surface area contributed by atoms with E-state index in [9.17, 15) is 9.18 Å². The van der Waals surface area contributed by atoms with Crippen molar-refractivity contribution in [3.63, 3.8) is 0 Å². The molecule has 0 radical (unpaired) electrons. The zero-order valence-corrected chi connectivity index (χ0v) is 10.4. The van der Waals surface area contributed by atoms with E-state index >= 15 is 0 Å². The number of carbonyl (C=O) groups excluding carboxylic acids is 1. The third-order valence-corrected chi connectivity index (χ3v) is 2.61. The van der Waals surface area contributed by atoms with Crippen LogP contribution in [0, 0.1) is 5.82 Å². The molecule has 0 aliphatic heterocycles. The molecule has 1 amide bonds. The molecule has 2 rings (SSSR count). The first kappa shape index (κ1) is 13.0. The number of rotatable bonds is 4. The largest absolute Gasteiger partial charge is 0.348 e. The van der Waals surface area contributed by atoms with E-state index in [-0.39, 0.29) is 11.3 Å². The Labute approximate surface area is 109 Å². The molecule has 7 heteroatoms. The van der Waals surface area contributed by atoms with Gasteiger partial charge in [0.25, 0.3) is 5.91 Å². The molecule has 2 aromatic rings. The Kier molecular flexibility index (Phi) is 3.76. The Bertz CT molecular complexity index is 596. The van der Waals surface area contributed by atoms with Crippen LogP contribution in [-0.2, 0) is 13.6 Å². The Hall–Kier alpha value is -2.41. The lowest BCUT2D eigenvalue weighted by atomic mass is 10.1. The summed E-state index contributed by atoms with van der Waals surface area (Å²) in [7, 11) is 1.79. The number of benzene rings is 1. The van der Waals surface area contributed by atoms with E-state index < -0.39 is 11.7 Å². The zero-order chi connectivity index (χ0) is 13.8. The maximum atomic E-state index is 13.4. The van der Waals surface area contributed by atoms with Gasteiger partial charge in [-0.1, -0.05) is 6.07 Å². The second-order valence-electron chi connectivity index (χ2n) is 4.01. The smallest absolute Gasteiger partial charge is 0.253 e. The predicted octanol–water partition coefficient (Wildman–Crippen LogP) is 0.775. The first-order valence-electron chi connectivity index (χ1n) is 5.62. The first-order valence-corrected chi connectivity index (χ1v) is 5.62. The molecule has 0 spiro atoms. The monoisotopic (exact) mass is 263 g/mol. The van der Waals surface area contributed by atoms with Gasteiger partial charge >= 0.3 is 0 Å². The summed E-state index contributed by atoms with van der Waals surface area (Å²) in [5.41, 5.74) is 3.19. The average Bonchev–Trinajstić information content (AvgIpc) is 2.81. The number of carbonyl (C=O) groups is 1. The summed E-state index contributed by atoms with van der Waals surface area (Å²) in [6.07, 6.45) is 3.43. The lowest BCUT2D eigenvalue weighted by molar-refractivity contribution is 0.0951. The number of nitrogens with two attached hydrogens (primary N) is 1. The summed E-state index contributed by atoms with van der Waals surface area (Å²) in [4.78, 5) is 12.0. The van der Waals surface area contributed by atoms with E-state index in [4.69, 9.17) is 5.84 Å². The molecule has 0 unspecified atom stereocenters. The van der Waals surface area contributed by atoms with Gasteiger partial charge in [-0.05, 0) is 12.1 Å². The van der Waals surface area contributed by atoms with Gasteiger partial charge in [-0.2, -0.15) is 5.10 Å². The summed E-state index contributed by atoms with van der Waals surface area (Å²) in [6.45, 7) is 0.313. The standard InChI is InChI=1S/C12H14FN5O/c1-18-7-8(6-16-18)5-15-12(19)9-3-2-4-10(13)11(9)17-14/h2-4,6-7,17H,5,14H2,1H3,(H,15,19). The highest BCUT2D eigenvalue weighted by atomic mass is 19.1. The van der Waals surface area contributed by atoms with Gasteiger partial charge in [-0.3, -0.25) is 15.3 Å². The molecule has 4 N–H and O–H groups in total. The van der Waals surface area contributed by atoms with Crippen LogP contribution in [0.1, 0.15) is 15.9 Å². The van der Waals surface area contributed by atoms with Crippen LogP contribution in [0.15, 0.2) is 30.6 Å². The van der Waals surface area contributed by atoms with Crippen LogP contribution in [0.5, 0.6) is 0 Å². The van der Waals surface area contributed by atoms with Crippen molar-refractivity contribution in [1.82, 2.24) is 15.1 Å². The number of aryl methyl sites for hydroxylation is 1. The van der Waals surface area contributed by atoms with Gasteiger partial charge in [0.05, 0.1) is 17.4 Å². The highest BCUT2D eigenvalue weighted by molar-refractivity contribution is 5.99. The molecule has 0 fully saturated rings. The van der Waals surface area contributed by atoms with Gasteiger partial charge in [-0.25, -0.2) is 4.39 Å². The van der Waals surface area contributed by atoms with Gasteiger partial charge in [0.15, 0.2) is 0 Å². The number of anilines is 1. The maximum absolute atomic E-state index is 13.4. The first-order chi connectivity index (χ1) is 9.11. The number of amides is 1. The third kappa shape index (κ3) is 2.89. The quantitative estimate of drug-likeness (QED) is 0.562. The van der Waals surface area contributed by atoms with E-state index in [1.54, 1.807) is 24.1 Å². The van der Waals surface area contributed by atoms with E-state index in [1.165, 1.54) is 18.2 Å². The number of hydrazine groups is 1. The van der Waals surface area contributed by atoms with Crippen molar-refractivity contribution < 1.29 is 9.18 Å². The number of hydrogen-bond donors (Lipinski definition) is 3. The molecule has 100 valence electrons. The van der Waals surface area contributed by atoms with Gasteiger partial charge in [0.2, 0.25) is 0 Å².